The number of nitrogens with zero attached hydrogens (tertiary/aromatic N) is 1. The van der Waals surface area contributed by atoms with Gasteiger partial charge in [-0.1, -0.05) is 55.0 Å². The lowest BCUT2D eigenvalue weighted by Gasteiger charge is -2.28. The van der Waals surface area contributed by atoms with E-state index in [1.165, 1.54) is 5.57 Å². The van der Waals surface area contributed by atoms with Crippen LogP contribution in [0.4, 0.5) is 0 Å². The summed E-state index contributed by atoms with van der Waals surface area (Å²) in [5.74, 6) is 0.384. The molecule has 0 saturated carbocycles. The van der Waals surface area contributed by atoms with Crippen LogP contribution >= 0.6 is 0 Å². The minimum atomic E-state index is 0.117. The molecule has 23 heavy (non-hydrogen) atoms. The lowest BCUT2D eigenvalue weighted by molar-refractivity contribution is 0.505. The first-order chi connectivity index (χ1) is 11.2. The van der Waals surface area contributed by atoms with E-state index in [-0.39, 0.29) is 11.5 Å². The van der Waals surface area contributed by atoms with Gasteiger partial charge in [-0.15, -0.1) is 0 Å². The summed E-state index contributed by atoms with van der Waals surface area (Å²) in [6, 6.07) is 16.1. The summed E-state index contributed by atoms with van der Waals surface area (Å²) in [5.41, 5.74) is 3.42. The maximum Gasteiger partial charge on any atom is 0.197 e. The van der Waals surface area contributed by atoms with E-state index >= 15 is 0 Å². The molecule has 0 bridgehead atoms. The lowest BCUT2D eigenvalue weighted by atomic mass is 9.92. The first kappa shape index (κ1) is 14.0. The van der Waals surface area contributed by atoms with Gasteiger partial charge in [0, 0.05) is 10.8 Å². The molecule has 1 aromatic heterocycles. The largest absolute Gasteiger partial charge is 0.333 e. The van der Waals surface area contributed by atoms with Gasteiger partial charge in [-0.3, -0.25) is 4.79 Å². The number of allylic oxidation sites excluding steroid dienone is 4. The Morgan fingerprint density at radius 2 is 1.48 bits per heavy atom. The Balaban J connectivity index is 2.14. The van der Waals surface area contributed by atoms with Crippen molar-refractivity contribution >= 4 is 21.8 Å². The van der Waals surface area contributed by atoms with Crippen molar-refractivity contribution in [3.8, 4) is 0 Å². The van der Waals surface area contributed by atoms with Crippen molar-refractivity contribution in [3.63, 3.8) is 0 Å². The number of aromatic nitrogens is 1. The molecule has 2 atom stereocenters. The predicted octanol–water partition coefficient (Wildman–Crippen LogP) is 4.85. The van der Waals surface area contributed by atoms with Gasteiger partial charge in [-0.2, -0.15) is 0 Å². The van der Waals surface area contributed by atoms with Crippen molar-refractivity contribution in [2.75, 3.05) is 0 Å². The Morgan fingerprint density at radius 3 is 2.04 bits per heavy atom. The Hall–Kier alpha value is -2.61. The zero-order chi connectivity index (χ0) is 16.0. The molecule has 0 fully saturated rings. The second kappa shape index (κ2) is 5.24. The molecule has 2 nitrogen and oxygen atoms in total. The van der Waals surface area contributed by atoms with Gasteiger partial charge in [-0.25, -0.2) is 0 Å². The molecule has 1 aliphatic carbocycles. The zero-order valence-electron chi connectivity index (χ0n) is 13.4. The summed E-state index contributed by atoms with van der Waals surface area (Å²) in [4.78, 5) is 12.8. The van der Waals surface area contributed by atoms with Crippen molar-refractivity contribution < 1.29 is 0 Å². The minimum Gasteiger partial charge on any atom is -0.333 e. The summed E-state index contributed by atoms with van der Waals surface area (Å²) in [5, 5.41) is 1.58. The molecule has 0 aliphatic heterocycles. The normalized spacial score (nSPS) is 20.9. The van der Waals surface area contributed by atoms with Crippen LogP contribution in [0.15, 0.2) is 77.1 Å². The summed E-state index contributed by atoms with van der Waals surface area (Å²) >= 11 is 0. The van der Waals surface area contributed by atoms with Gasteiger partial charge < -0.3 is 4.57 Å². The smallest absolute Gasteiger partial charge is 0.197 e. The summed E-state index contributed by atoms with van der Waals surface area (Å²) < 4.78 is 2.32. The quantitative estimate of drug-likeness (QED) is 0.589. The monoisotopic (exact) mass is 301 g/mol. The van der Waals surface area contributed by atoms with Crippen molar-refractivity contribution in [3.05, 3.63) is 82.6 Å². The molecule has 0 radical (unpaired) electrons. The number of benzene rings is 2. The third-order valence-electron chi connectivity index (χ3n) is 4.74. The molecule has 0 spiro atoms. The van der Waals surface area contributed by atoms with Crippen molar-refractivity contribution in [1.82, 2.24) is 4.57 Å². The average Bonchev–Trinajstić information content (AvgIpc) is 2.57. The second-order valence-electron chi connectivity index (χ2n) is 6.35. The van der Waals surface area contributed by atoms with E-state index in [1.54, 1.807) is 0 Å². The standard InChI is InChI=1S/C21H19NO/c1-14-11-12-18(15(2)13-14)22-19-9-5-3-7-16(19)21(23)17-8-4-6-10-20(17)22/h3-13,15,18H,1-2H3. The van der Waals surface area contributed by atoms with Gasteiger partial charge in [0.2, 0.25) is 0 Å². The van der Waals surface area contributed by atoms with E-state index < -0.39 is 0 Å². The molecular weight excluding hydrogens is 282 g/mol. The van der Waals surface area contributed by atoms with E-state index in [0.29, 0.717) is 5.92 Å². The van der Waals surface area contributed by atoms with Crippen molar-refractivity contribution in [1.29, 1.82) is 0 Å². The van der Waals surface area contributed by atoms with E-state index in [9.17, 15) is 4.79 Å². The Bertz CT molecular complexity index is 963. The molecule has 0 amide bonds. The zero-order valence-corrected chi connectivity index (χ0v) is 13.4. The third-order valence-corrected chi connectivity index (χ3v) is 4.74. The van der Waals surface area contributed by atoms with Crippen LogP contribution in [-0.2, 0) is 0 Å². The lowest BCUT2D eigenvalue weighted by Crippen LogP contribution is -2.20. The van der Waals surface area contributed by atoms with Gasteiger partial charge in [0.25, 0.3) is 0 Å². The molecule has 1 heterocycles. The molecule has 0 saturated heterocycles. The number of hydrogen-bond acceptors (Lipinski definition) is 1. The fourth-order valence-corrected chi connectivity index (χ4v) is 3.66. The topological polar surface area (TPSA) is 22.0 Å². The van der Waals surface area contributed by atoms with Gasteiger partial charge in [0.05, 0.1) is 17.1 Å². The maximum absolute atomic E-state index is 12.8. The molecule has 114 valence electrons. The minimum absolute atomic E-state index is 0.117. The summed E-state index contributed by atoms with van der Waals surface area (Å²) in [6.07, 6.45) is 6.72. The number of pyridine rings is 1. The average molecular weight is 301 g/mol. The first-order valence-corrected chi connectivity index (χ1v) is 8.05. The van der Waals surface area contributed by atoms with Crippen molar-refractivity contribution in [2.24, 2.45) is 5.92 Å². The summed E-state index contributed by atoms with van der Waals surface area (Å²) in [6.45, 7) is 4.37. The summed E-state index contributed by atoms with van der Waals surface area (Å²) in [7, 11) is 0. The fraction of sp³-hybridized carbons (Fsp3) is 0.190. The van der Waals surface area contributed by atoms with Crippen LogP contribution in [-0.4, -0.2) is 4.57 Å². The highest BCUT2D eigenvalue weighted by Crippen LogP contribution is 2.32. The third kappa shape index (κ3) is 2.14. The van der Waals surface area contributed by atoms with E-state index in [2.05, 4.69) is 48.8 Å². The van der Waals surface area contributed by atoms with Gasteiger partial charge in [0.15, 0.2) is 5.43 Å². The number of hydrogen-bond donors (Lipinski definition) is 0. The van der Waals surface area contributed by atoms with E-state index in [1.807, 2.05) is 36.4 Å². The molecular formula is C21H19NO. The van der Waals surface area contributed by atoms with Gasteiger partial charge in [0.1, 0.15) is 0 Å². The molecule has 4 rings (SSSR count). The number of fused-ring (bicyclic) bond motifs is 2. The molecule has 2 unspecified atom stereocenters. The number of para-hydroxylation sites is 2. The molecule has 1 aliphatic rings. The van der Waals surface area contributed by atoms with Gasteiger partial charge in [-0.05, 0) is 37.1 Å². The van der Waals surface area contributed by atoms with Crippen LogP contribution < -0.4 is 5.43 Å². The van der Waals surface area contributed by atoms with Crippen LogP contribution in [0.3, 0.4) is 0 Å². The predicted molar refractivity (Wildman–Crippen MR) is 96.8 cm³/mol. The first-order valence-electron chi connectivity index (χ1n) is 8.05. The highest BCUT2D eigenvalue weighted by atomic mass is 16.1. The second-order valence-corrected chi connectivity index (χ2v) is 6.35. The number of rotatable bonds is 1. The Kier molecular flexibility index (Phi) is 3.19. The maximum atomic E-state index is 12.8. The van der Waals surface area contributed by atoms with Crippen LogP contribution in [0.25, 0.3) is 21.8 Å². The molecule has 3 aromatic rings. The highest BCUT2D eigenvalue weighted by molar-refractivity contribution is 5.93. The SMILES string of the molecule is CC1=CC(C)C(n2c3ccccc3c(=O)c3ccccc32)C=C1. The molecule has 0 N–H and O–H groups in total. The van der Waals surface area contributed by atoms with Crippen LogP contribution in [0, 0.1) is 5.92 Å². The van der Waals surface area contributed by atoms with E-state index in [4.69, 9.17) is 0 Å². The Labute approximate surface area is 135 Å². The molecule has 2 heteroatoms. The van der Waals surface area contributed by atoms with Crippen LogP contribution in [0.2, 0.25) is 0 Å². The Morgan fingerprint density at radius 1 is 0.913 bits per heavy atom. The van der Waals surface area contributed by atoms with Crippen molar-refractivity contribution in [2.45, 2.75) is 19.9 Å². The molecule has 2 aromatic carbocycles. The van der Waals surface area contributed by atoms with E-state index in [0.717, 1.165) is 21.8 Å². The fourth-order valence-electron chi connectivity index (χ4n) is 3.66. The van der Waals surface area contributed by atoms with Gasteiger partial charge >= 0.3 is 0 Å². The highest BCUT2D eigenvalue weighted by Gasteiger charge is 2.21. The van der Waals surface area contributed by atoms with Crippen LogP contribution in [0.5, 0.6) is 0 Å². The van der Waals surface area contributed by atoms with Crippen LogP contribution in [0.1, 0.15) is 19.9 Å².